The molecule has 35 heavy (non-hydrogen) atoms. The van der Waals surface area contributed by atoms with Crippen LogP contribution in [-0.4, -0.2) is 62.6 Å². The Morgan fingerprint density at radius 2 is 1.40 bits per heavy atom. The zero-order valence-electron chi connectivity index (χ0n) is 20.1. The van der Waals surface area contributed by atoms with Crippen molar-refractivity contribution in [2.24, 2.45) is 0 Å². The van der Waals surface area contributed by atoms with E-state index in [1.54, 1.807) is 36.1 Å². The van der Waals surface area contributed by atoms with Crippen LogP contribution in [0.4, 0.5) is 5.69 Å². The van der Waals surface area contributed by atoms with Gasteiger partial charge in [-0.05, 0) is 48.9 Å². The molecular weight excluding hydrogens is 462 g/mol. The van der Waals surface area contributed by atoms with Gasteiger partial charge in [-0.1, -0.05) is 48.5 Å². The third-order valence-corrected chi connectivity index (χ3v) is 7.31. The average molecular weight is 494 g/mol. The van der Waals surface area contributed by atoms with Crippen LogP contribution in [0.25, 0.3) is 0 Å². The number of ether oxygens (including phenoxy) is 1. The first-order chi connectivity index (χ1) is 16.8. The van der Waals surface area contributed by atoms with Gasteiger partial charge in [0.2, 0.25) is 15.9 Å². The number of nitrogens with zero attached hydrogens (tertiary/aromatic N) is 3. The Balaban J connectivity index is 1.41. The number of piperazine rings is 1. The van der Waals surface area contributed by atoms with Crippen LogP contribution in [0.2, 0.25) is 0 Å². The molecule has 8 heteroatoms. The Kier molecular flexibility index (Phi) is 7.73. The van der Waals surface area contributed by atoms with Gasteiger partial charge in [-0.2, -0.15) is 0 Å². The normalized spacial score (nSPS) is 15.4. The van der Waals surface area contributed by atoms with Crippen LogP contribution in [0.15, 0.2) is 84.9 Å². The number of hydrogen-bond acceptors (Lipinski definition) is 5. The lowest BCUT2D eigenvalue weighted by atomic mass is 10.2. The third-order valence-electron chi connectivity index (χ3n) is 6.07. The van der Waals surface area contributed by atoms with E-state index < -0.39 is 16.1 Å². The van der Waals surface area contributed by atoms with Crippen molar-refractivity contribution in [1.29, 1.82) is 0 Å². The molecule has 0 aliphatic carbocycles. The fraction of sp³-hybridized carbons (Fsp3) is 0.296. The maximum atomic E-state index is 13.3. The van der Waals surface area contributed by atoms with Crippen LogP contribution in [-0.2, 0) is 21.4 Å². The molecule has 4 rings (SSSR count). The molecule has 0 N–H and O–H groups in total. The van der Waals surface area contributed by atoms with E-state index in [9.17, 15) is 13.2 Å². The zero-order chi connectivity index (χ0) is 24.8. The van der Waals surface area contributed by atoms with Gasteiger partial charge in [-0.15, -0.1) is 0 Å². The van der Waals surface area contributed by atoms with Gasteiger partial charge in [-0.3, -0.25) is 14.0 Å². The SMILES string of the molecule is C[C@H](C(=O)N1CCN(Cc2ccccc2)CC1)N(c1ccc(Oc2ccccc2)cc1)S(C)(=O)=O. The Morgan fingerprint density at radius 1 is 0.857 bits per heavy atom. The van der Waals surface area contributed by atoms with E-state index in [-0.39, 0.29) is 5.91 Å². The Morgan fingerprint density at radius 3 is 1.97 bits per heavy atom. The molecule has 1 atom stereocenters. The summed E-state index contributed by atoms with van der Waals surface area (Å²) in [5.41, 5.74) is 1.67. The van der Waals surface area contributed by atoms with Crippen LogP contribution in [0, 0.1) is 0 Å². The summed E-state index contributed by atoms with van der Waals surface area (Å²) in [6.07, 6.45) is 1.13. The molecule has 0 aromatic heterocycles. The first kappa shape index (κ1) is 24.8. The minimum absolute atomic E-state index is 0.195. The summed E-state index contributed by atoms with van der Waals surface area (Å²) in [4.78, 5) is 17.4. The monoisotopic (exact) mass is 493 g/mol. The number of anilines is 1. The number of sulfonamides is 1. The number of carbonyl (C=O) groups excluding carboxylic acids is 1. The van der Waals surface area contributed by atoms with Gasteiger partial charge in [0.1, 0.15) is 17.5 Å². The van der Waals surface area contributed by atoms with Gasteiger partial charge in [0.15, 0.2) is 0 Å². The quantitative estimate of drug-likeness (QED) is 0.475. The number of amides is 1. The third kappa shape index (κ3) is 6.41. The molecule has 0 spiro atoms. The first-order valence-corrected chi connectivity index (χ1v) is 13.5. The summed E-state index contributed by atoms with van der Waals surface area (Å²) in [5, 5.41) is 0. The second kappa shape index (κ2) is 10.9. The lowest BCUT2D eigenvalue weighted by Crippen LogP contribution is -2.55. The van der Waals surface area contributed by atoms with Gasteiger partial charge in [0.25, 0.3) is 0 Å². The van der Waals surface area contributed by atoms with E-state index >= 15 is 0 Å². The van der Waals surface area contributed by atoms with Crippen molar-refractivity contribution in [2.75, 3.05) is 36.7 Å². The molecule has 3 aromatic carbocycles. The second-order valence-corrected chi connectivity index (χ2v) is 10.6. The molecule has 1 saturated heterocycles. The highest BCUT2D eigenvalue weighted by Crippen LogP contribution is 2.27. The van der Waals surface area contributed by atoms with Crippen molar-refractivity contribution >= 4 is 21.6 Å². The number of rotatable bonds is 8. The molecule has 1 aliphatic heterocycles. The molecule has 0 saturated carbocycles. The molecule has 0 unspecified atom stereocenters. The molecule has 3 aromatic rings. The number of para-hydroxylation sites is 1. The van der Waals surface area contributed by atoms with Gasteiger partial charge >= 0.3 is 0 Å². The lowest BCUT2D eigenvalue weighted by Gasteiger charge is -2.38. The van der Waals surface area contributed by atoms with E-state index in [1.165, 1.54) is 9.87 Å². The Bertz CT molecular complexity index is 1210. The predicted molar refractivity (Wildman–Crippen MR) is 138 cm³/mol. The molecule has 1 amide bonds. The summed E-state index contributed by atoms with van der Waals surface area (Å²) < 4.78 is 32.4. The minimum Gasteiger partial charge on any atom is -0.457 e. The molecule has 1 heterocycles. The summed E-state index contributed by atoms with van der Waals surface area (Å²) >= 11 is 0. The van der Waals surface area contributed by atoms with E-state index in [1.807, 2.05) is 48.5 Å². The molecule has 7 nitrogen and oxygen atoms in total. The largest absolute Gasteiger partial charge is 0.457 e. The summed E-state index contributed by atoms with van der Waals surface area (Å²) in [5.74, 6) is 1.08. The smallest absolute Gasteiger partial charge is 0.246 e. The zero-order valence-corrected chi connectivity index (χ0v) is 20.9. The highest BCUT2D eigenvalue weighted by Gasteiger charge is 2.33. The van der Waals surface area contributed by atoms with Crippen molar-refractivity contribution < 1.29 is 17.9 Å². The predicted octanol–water partition coefficient (Wildman–Crippen LogP) is 3.98. The second-order valence-electron chi connectivity index (χ2n) is 8.73. The fourth-order valence-corrected chi connectivity index (χ4v) is 5.49. The lowest BCUT2D eigenvalue weighted by molar-refractivity contribution is -0.133. The maximum absolute atomic E-state index is 13.3. The number of hydrogen-bond donors (Lipinski definition) is 0. The standard InChI is InChI=1S/C27H31N3O4S/c1-22(27(31)29-19-17-28(18-20-29)21-23-9-5-3-6-10-23)30(35(2,32)33)24-13-15-26(16-14-24)34-25-11-7-4-8-12-25/h3-16,22H,17-21H2,1-2H3/t22-/m1/s1. The van der Waals surface area contributed by atoms with Gasteiger partial charge in [0.05, 0.1) is 11.9 Å². The molecule has 184 valence electrons. The number of benzene rings is 3. The van der Waals surface area contributed by atoms with Crippen LogP contribution in [0.5, 0.6) is 11.5 Å². The topological polar surface area (TPSA) is 70.2 Å². The van der Waals surface area contributed by atoms with Crippen LogP contribution in [0.3, 0.4) is 0 Å². The molecule has 0 bridgehead atoms. The Hall–Kier alpha value is -3.36. The van der Waals surface area contributed by atoms with Gasteiger partial charge < -0.3 is 9.64 Å². The molecule has 1 fully saturated rings. The highest BCUT2D eigenvalue weighted by atomic mass is 32.2. The first-order valence-electron chi connectivity index (χ1n) is 11.7. The average Bonchev–Trinajstić information content (AvgIpc) is 2.86. The summed E-state index contributed by atoms with van der Waals surface area (Å²) in [6, 6.07) is 25.5. The highest BCUT2D eigenvalue weighted by molar-refractivity contribution is 7.92. The van der Waals surface area contributed by atoms with Crippen molar-refractivity contribution in [3.8, 4) is 11.5 Å². The van der Waals surface area contributed by atoms with E-state index in [0.717, 1.165) is 25.9 Å². The number of carbonyl (C=O) groups is 1. The Labute approximate surface area is 207 Å². The van der Waals surface area contributed by atoms with Crippen molar-refractivity contribution in [3.63, 3.8) is 0 Å². The summed E-state index contributed by atoms with van der Waals surface area (Å²) in [7, 11) is -3.69. The van der Waals surface area contributed by atoms with Gasteiger partial charge in [0, 0.05) is 32.7 Å². The fourth-order valence-electron chi connectivity index (χ4n) is 4.32. The van der Waals surface area contributed by atoms with Crippen molar-refractivity contribution in [3.05, 3.63) is 90.5 Å². The van der Waals surface area contributed by atoms with Crippen molar-refractivity contribution in [2.45, 2.75) is 19.5 Å². The summed E-state index contributed by atoms with van der Waals surface area (Å²) in [6.45, 7) is 5.11. The van der Waals surface area contributed by atoms with E-state index in [4.69, 9.17) is 4.74 Å². The molecule has 0 radical (unpaired) electrons. The molecule has 1 aliphatic rings. The van der Waals surface area contributed by atoms with Crippen LogP contribution in [0.1, 0.15) is 12.5 Å². The minimum atomic E-state index is -3.69. The van der Waals surface area contributed by atoms with Crippen LogP contribution < -0.4 is 9.04 Å². The van der Waals surface area contributed by atoms with Crippen molar-refractivity contribution in [1.82, 2.24) is 9.80 Å². The van der Waals surface area contributed by atoms with Crippen LogP contribution >= 0.6 is 0 Å². The van der Waals surface area contributed by atoms with E-state index in [0.29, 0.717) is 30.3 Å². The maximum Gasteiger partial charge on any atom is 0.246 e. The molecular formula is C27H31N3O4S. The van der Waals surface area contributed by atoms with Gasteiger partial charge in [-0.25, -0.2) is 8.42 Å². The van der Waals surface area contributed by atoms with E-state index in [2.05, 4.69) is 17.0 Å².